The fourth-order valence-corrected chi connectivity index (χ4v) is 1.70. The van der Waals surface area contributed by atoms with Crippen molar-refractivity contribution in [2.75, 3.05) is 11.4 Å². The summed E-state index contributed by atoms with van der Waals surface area (Å²) >= 11 is 0. The molecule has 0 aliphatic carbocycles. The standard InChI is InChI=1S/C11H11NO3/c13-10-2-1-7-12(10)9-5-3-8(4-6-9)11(14)15/h3-6H,1-2,7H2,(H,14,15)/p-1. The molecule has 78 valence electrons. The average Bonchev–Trinajstić information content (AvgIpc) is 2.65. The Balaban J connectivity index is 2.23. The lowest BCUT2D eigenvalue weighted by Crippen LogP contribution is -2.24. The molecule has 4 nitrogen and oxygen atoms in total. The van der Waals surface area contributed by atoms with E-state index in [1.165, 1.54) is 12.1 Å². The topological polar surface area (TPSA) is 60.4 Å². The van der Waals surface area contributed by atoms with Crippen LogP contribution in [0.3, 0.4) is 0 Å². The Morgan fingerprint density at radius 1 is 1.27 bits per heavy atom. The molecule has 0 N–H and O–H groups in total. The van der Waals surface area contributed by atoms with Gasteiger partial charge in [-0.2, -0.15) is 0 Å². The van der Waals surface area contributed by atoms with Crippen LogP contribution in [0.2, 0.25) is 0 Å². The Kier molecular flexibility index (Phi) is 2.41. The van der Waals surface area contributed by atoms with E-state index in [1.54, 1.807) is 17.0 Å². The monoisotopic (exact) mass is 204 g/mol. The fraction of sp³-hybridized carbons (Fsp3) is 0.273. The van der Waals surface area contributed by atoms with E-state index in [9.17, 15) is 14.7 Å². The molecular formula is C11H10NO3-. The SMILES string of the molecule is O=C([O-])c1ccc(N2CCCC2=O)cc1. The number of carbonyl (C=O) groups excluding carboxylic acids is 2. The van der Waals surface area contributed by atoms with E-state index in [2.05, 4.69) is 0 Å². The first-order valence-corrected chi connectivity index (χ1v) is 4.80. The Labute approximate surface area is 87.1 Å². The first-order chi connectivity index (χ1) is 7.18. The van der Waals surface area contributed by atoms with E-state index < -0.39 is 5.97 Å². The number of benzene rings is 1. The van der Waals surface area contributed by atoms with Crippen molar-refractivity contribution in [3.05, 3.63) is 29.8 Å². The van der Waals surface area contributed by atoms with Crippen molar-refractivity contribution in [1.29, 1.82) is 0 Å². The van der Waals surface area contributed by atoms with E-state index in [1.807, 2.05) is 0 Å². The van der Waals surface area contributed by atoms with E-state index in [-0.39, 0.29) is 11.5 Å². The van der Waals surface area contributed by atoms with Gasteiger partial charge in [-0.05, 0) is 24.1 Å². The summed E-state index contributed by atoms with van der Waals surface area (Å²) in [5.74, 6) is -1.11. The molecule has 0 bridgehead atoms. The first kappa shape index (κ1) is 9.71. The number of amides is 1. The lowest BCUT2D eigenvalue weighted by molar-refractivity contribution is -0.255. The highest BCUT2D eigenvalue weighted by atomic mass is 16.4. The molecular weight excluding hydrogens is 194 g/mol. The largest absolute Gasteiger partial charge is 0.545 e. The van der Waals surface area contributed by atoms with Crippen molar-refractivity contribution < 1.29 is 14.7 Å². The van der Waals surface area contributed by atoms with Gasteiger partial charge >= 0.3 is 0 Å². The summed E-state index contributed by atoms with van der Waals surface area (Å²) in [7, 11) is 0. The maximum atomic E-state index is 11.4. The van der Waals surface area contributed by atoms with Crippen LogP contribution in [0.1, 0.15) is 23.2 Å². The highest BCUT2D eigenvalue weighted by molar-refractivity contribution is 5.96. The number of hydrogen-bond acceptors (Lipinski definition) is 3. The second-order valence-electron chi connectivity index (χ2n) is 3.48. The Bertz CT molecular complexity index is 397. The van der Waals surface area contributed by atoms with Gasteiger partial charge in [0, 0.05) is 18.7 Å². The Morgan fingerprint density at radius 3 is 2.40 bits per heavy atom. The molecule has 1 heterocycles. The number of carboxylic acid groups (broad SMARTS) is 1. The molecule has 4 heteroatoms. The summed E-state index contributed by atoms with van der Waals surface area (Å²) in [6.45, 7) is 0.712. The van der Waals surface area contributed by atoms with Gasteiger partial charge in [0.15, 0.2) is 0 Å². The van der Waals surface area contributed by atoms with Gasteiger partial charge < -0.3 is 14.8 Å². The van der Waals surface area contributed by atoms with Crippen LogP contribution in [0.5, 0.6) is 0 Å². The summed E-state index contributed by atoms with van der Waals surface area (Å²) in [6, 6.07) is 6.18. The number of aromatic carboxylic acids is 1. The van der Waals surface area contributed by atoms with Crippen LogP contribution >= 0.6 is 0 Å². The number of carboxylic acids is 1. The summed E-state index contributed by atoms with van der Waals surface area (Å²) < 4.78 is 0. The molecule has 0 saturated carbocycles. The Hall–Kier alpha value is -1.84. The van der Waals surface area contributed by atoms with Gasteiger partial charge in [0.1, 0.15) is 0 Å². The summed E-state index contributed by atoms with van der Waals surface area (Å²) in [6.07, 6.45) is 1.43. The molecule has 1 aliphatic rings. The van der Waals surface area contributed by atoms with Crippen molar-refractivity contribution in [3.63, 3.8) is 0 Å². The van der Waals surface area contributed by atoms with Gasteiger partial charge in [-0.15, -0.1) is 0 Å². The van der Waals surface area contributed by atoms with Gasteiger partial charge in [0.05, 0.1) is 5.97 Å². The Morgan fingerprint density at radius 2 is 1.93 bits per heavy atom. The number of nitrogens with zero attached hydrogens (tertiary/aromatic N) is 1. The van der Waals surface area contributed by atoms with Gasteiger partial charge in [0.2, 0.25) is 5.91 Å². The molecule has 1 aromatic rings. The van der Waals surface area contributed by atoms with Crippen molar-refractivity contribution in [2.24, 2.45) is 0 Å². The maximum absolute atomic E-state index is 11.4. The number of carbonyl (C=O) groups is 2. The van der Waals surface area contributed by atoms with Crippen LogP contribution in [0.15, 0.2) is 24.3 Å². The summed E-state index contributed by atoms with van der Waals surface area (Å²) in [4.78, 5) is 23.6. The van der Waals surface area contributed by atoms with Gasteiger partial charge in [-0.1, -0.05) is 12.1 Å². The molecule has 0 radical (unpaired) electrons. The molecule has 0 spiro atoms. The summed E-state index contributed by atoms with van der Waals surface area (Å²) in [5, 5.41) is 10.5. The third kappa shape index (κ3) is 1.83. The fourth-order valence-electron chi connectivity index (χ4n) is 1.70. The third-order valence-electron chi connectivity index (χ3n) is 2.49. The number of hydrogen-bond donors (Lipinski definition) is 0. The van der Waals surface area contributed by atoms with E-state index in [0.29, 0.717) is 13.0 Å². The van der Waals surface area contributed by atoms with Crippen molar-refractivity contribution in [2.45, 2.75) is 12.8 Å². The van der Waals surface area contributed by atoms with Crippen LogP contribution in [0, 0.1) is 0 Å². The van der Waals surface area contributed by atoms with Crippen LogP contribution in [0.4, 0.5) is 5.69 Å². The molecule has 0 aromatic heterocycles. The molecule has 1 fully saturated rings. The van der Waals surface area contributed by atoms with Crippen LogP contribution < -0.4 is 10.0 Å². The normalized spacial score (nSPS) is 15.7. The highest BCUT2D eigenvalue weighted by Gasteiger charge is 2.21. The predicted octanol–water partition coefficient (Wildman–Crippen LogP) is 0.177. The highest BCUT2D eigenvalue weighted by Crippen LogP contribution is 2.21. The van der Waals surface area contributed by atoms with Gasteiger partial charge in [0.25, 0.3) is 0 Å². The molecule has 0 atom stereocenters. The molecule has 1 saturated heterocycles. The van der Waals surface area contributed by atoms with Crippen molar-refractivity contribution in [1.82, 2.24) is 0 Å². The zero-order chi connectivity index (χ0) is 10.8. The second-order valence-corrected chi connectivity index (χ2v) is 3.48. The van der Waals surface area contributed by atoms with Gasteiger partial charge in [-0.3, -0.25) is 4.79 Å². The number of rotatable bonds is 2. The second kappa shape index (κ2) is 3.73. The van der Waals surface area contributed by atoms with Crippen molar-refractivity contribution in [3.8, 4) is 0 Å². The minimum atomic E-state index is -1.20. The zero-order valence-electron chi connectivity index (χ0n) is 8.10. The molecule has 1 amide bonds. The molecule has 2 rings (SSSR count). The minimum absolute atomic E-state index is 0.0937. The zero-order valence-corrected chi connectivity index (χ0v) is 8.10. The third-order valence-corrected chi connectivity index (χ3v) is 2.49. The molecule has 1 aliphatic heterocycles. The smallest absolute Gasteiger partial charge is 0.227 e. The van der Waals surface area contributed by atoms with Gasteiger partial charge in [-0.25, -0.2) is 0 Å². The lowest BCUT2D eigenvalue weighted by atomic mass is 10.2. The molecule has 0 unspecified atom stereocenters. The minimum Gasteiger partial charge on any atom is -0.545 e. The van der Waals surface area contributed by atoms with E-state index >= 15 is 0 Å². The van der Waals surface area contributed by atoms with E-state index in [4.69, 9.17) is 0 Å². The van der Waals surface area contributed by atoms with E-state index in [0.717, 1.165) is 12.1 Å². The molecule has 15 heavy (non-hydrogen) atoms. The lowest BCUT2D eigenvalue weighted by Gasteiger charge is -2.15. The first-order valence-electron chi connectivity index (χ1n) is 4.80. The predicted molar refractivity (Wildman–Crippen MR) is 52.4 cm³/mol. The number of anilines is 1. The quantitative estimate of drug-likeness (QED) is 0.690. The maximum Gasteiger partial charge on any atom is 0.227 e. The summed E-state index contributed by atoms with van der Waals surface area (Å²) in [5.41, 5.74) is 0.882. The average molecular weight is 204 g/mol. The van der Waals surface area contributed by atoms with Crippen molar-refractivity contribution >= 4 is 17.6 Å². The van der Waals surface area contributed by atoms with Crippen LogP contribution in [-0.2, 0) is 4.79 Å². The molecule has 1 aromatic carbocycles. The van der Waals surface area contributed by atoms with Crippen LogP contribution in [0.25, 0.3) is 0 Å². The van der Waals surface area contributed by atoms with Crippen LogP contribution in [-0.4, -0.2) is 18.4 Å².